The number of rotatable bonds is 7. The van der Waals surface area contributed by atoms with Crippen molar-refractivity contribution in [3.63, 3.8) is 0 Å². The Hall–Kier alpha value is -3.08. The molecule has 0 radical (unpaired) electrons. The minimum atomic E-state index is -0.187. The van der Waals surface area contributed by atoms with Crippen molar-refractivity contribution in [2.45, 2.75) is 20.0 Å². The lowest BCUT2D eigenvalue weighted by atomic mass is 10.1. The maximum atomic E-state index is 12.1. The van der Waals surface area contributed by atoms with Gasteiger partial charge in [0.1, 0.15) is 5.76 Å². The molecule has 1 aromatic heterocycles. The first-order valence-electron chi connectivity index (χ1n) is 7.66. The molecule has 0 atom stereocenters. The van der Waals surface area contributed by atoms with Crippen LogP contribution < -0.4 is 10.6 Å². The molecule has 0 saturated carbocycles. The van der Waals surface area contributed by atoms with Crippen molar-refractivity contribution in [1.82, 2.24) is 10.6 Å². The van der Waals surface area contributed by atoms with E-state index in [0.29, 0.717) is 24.4 Å². The zero-order valence-corrected chi connectivity index (χ0v) is 13.5. The predicted molar refractivity (Wildman–Crippen MR) is 92.1 cm³/mol. The molecule has 5 nitrogen and oxygen atoms in total. The Morgan fingerprint density at radius 1 is 1.08 bits per heavy atom. The molecule has 2 rings (SSSR count). The van der Waals surface area contributed by atoms with Crippen LogP contribution in [0.5, 0.6) is 0 Å². The molecule has 1 heterocycles. The standard InChI is InChI=1S/C19H20N2O3/c1-2-3-4-10-18(22)20-13-15-7-5-8-16(12-15)19(23)21-14-17-9-6-11-24-17/h2-12H,13-14H2,1H3,(H,20,22)(H,21,23)/b3-2+,10-4-. The molecule has 0 aliphatic carbocycles. The van der Waals surface area contributed by atoms with Crippen LogP contribution in [0.15, 0.2) is 71.4 Å². The van der Waals surface area contributed by atoms with Crippen LogP contribution >= 0.6 is 0 Å². The number of carbonyl (C=O) groups is 2. The van der Waals surface area contributed by atoms with Crippen molar-refractivity contribution >= 4 is 11.8 Å². The monoisotopic (exact) mass is 324 g/mol. The van der Waals surface area contributed by atoms with Gasteiger partial charge in [0, 0.05) is 18.2 Å². The van der Waals surface area contributed by atoms with Crippen LogP contribution in [-0.4, -0.2) is 11.8 Å². The van der Waals surface area contributed by atoms with Crippen LogP contribution in [0, 0.1) is 0 Å². The first-order chi connectivity index (χ1) is 11.7. The third-order valence-electron chi connectivity index (χ3n) is 3.21. The van der Waals surface area contributed by atoms with Gasteiger partial charge in [-0.1, -0.05) is 30.4 Å². The highest BCUT2D eigenvalue weighted by Gasteiger charge is 2.07. The summed E-state index contributed by atoms with van der Waals surface area (Å²) in [5.41, 5.74) is 1.39. The van der Waals surface area contributed by atoms with Crippen molar-refractivity contribution in [2.24, 2.45) is 0 Å². The summed E-state index contributed by atoms with van der Waals surface area (Å²) >= 11 is 0. The Balaban J connectivity index is 1.88. The summed E-state index contributed by atoms with van der Waals surface area (Å²) in [6.45, 7) is 2.57. The minimum absolute atomic E-state index is 0.180. The largest absolute Gasteiger partial charge is 0.467 e. The van der Waals surface area contributed by atoms with E-state index in [-0.39, 0.29) is 11.8 Å². The van der Waals surface area contributed by atoms with Gasteiger partial charge in [-0.05, 0) is 36.8 Å². The average molecular weight is 324 g/mol. The Morgan fingerprint density at radius 2 is 1.96 bits per heavy atom. The Bertz CT molecular complexity index is 731. The molecule has 0 aliphatic rings. The number of nitrogens with one attached hydrogen (secondary N) is 2. The second kappa shape index (κ2) is 9.15. The van der Waals surface area contributed by atoms with Gasteiger partial charge in [-0.2, -0.15) is 0 Å². The minimum Gasteiger partial charge on any atom is -0.467 e. The third-order valence-corrected chi connectivity index (χ3v) is 3.21. The van der Waals surface area contributed by atoms with Gasteiger partial charge in [-0.3, -0.25) is 9.59 Å². The topological polar surface area (TPSA) is 71.3 Å². The van der Waals surface area contributed by atoms with Crippen molar-refractivity contribution < 1.29 is 14.0 Å². The molecule has 0 unspecified atom stereocenters. The summed E-state index contributed by atoms with van der Waals surface area (Å²) in [5, 5.41) is 5.56. The lowest BCUT2D eigenvalue weighted by Crippen LogP contribution is -2.23. The molecule has 124 valence electrons. The molecule has 1 aromatic carbocycles. The number of benzene rings is 1. The maximum Gasteiger partial charge on any atom is 0.251 e. The Kier molecular flexibility index (Phi) is 6.58. The summed E-state index contributed by atoms with van der Waals surface area (Å²) in [5.74, 6) is 0.327. The fourth-order valence-electron chi connectivity index (χ4n) is 2.01. The molecule has 0 fully saturated rings. The SMILES string of the molecule is C/C=C/C=C\C(=O)NCc1cccc(C(=O)NCc2ccco2)c1. The molecule has 24 heavy (non-hydrogen) atoms. The van der Waals surface area contributed by atoms with Crippen molar-refractivity contribution in [1.29, 1.82) is 0 Å². The van der Waals surface area contributed by atoms with E-state index >= 15 is 0 Å². The van der Waals surface area contributed by atoms with Gasteiger partial charge in [0.25, 0.3) is 5.91 Å². The average Bonchev–Trinajstić information content (AvgIpc) is 3.12. The summed E-state index contributed by atoms with van der Waals surface area (Å²) in [4.78, 5) is 23.8. The van der Waals surface area contributed by atoms with Crippen LogP contribution in [0.25, 0.3) is 0 Å². The summed E-state index contributed by atoms with van der Waals surface area (Å²) < 4.78 is 5.18. The number of furan rings is 1. The first-order valence-corrected chi connectivity index (χ1v) is 7.66. The van der Waals surface area contributed by atoms with Crippen molar-refractivity contribution in [2.75, 3.05) is 0 Å². The smallest absolute Gasteiger partial charge is 0.251 e. The van der Waals surface area contributed by atoms with Crippen LogP contribution in [0.1, 0.15) is 28.6 Å². The van der Waals surface area contributed by atoms with Crippen LogP contribution in [0.4, 0.5) is 0 Å². The number of allylic oxidation sites excluding steroid dienone is 3. The van der Waals surface area contributed by atoms with E-state index < -0.39 is 0 Å². The molecule has 0 bridgehead atoms. The maximum absolute atomic E-state index is 12.1. The zero-order chi connectivity index (χ0) is 17.2. The molecular formula is C19H20N2O3. The van der Waals surface area contributed by atoms with Gasteiger partial charge >= 0.3 is 0 Å². The zero-order valence-electron chi connectivity index (χ0n) is 13.5. The van der Waals surface area contributed by atoms with Gasteiger partial charge in [-0.15, -0.1) is 0 Å². The highest BCUT2D eigenvalue weighted by atomic mass is 16.3. The predicted octanol–water partition coefficient (Wildman–Crippen LogP) is 2.96. The van der Waals surface area contributed by atoms with Gasteiger partial charge in [0.2, 0.25) is 5.91 Å². The lowest BCUT2D eigenvalue weighted by molar-refractivity contribution is -0.116. The van der Waals surface area contributed by atoms with E-state index in [1.54, 1.807) is 48.7 Å². The normalized spacial score (nSPS) is 11.0. The summed E-state index contributed by atoms with van der Waals surface area (Å²) in [7, 11) is 0. The van der Waals surface area contributed by atoms with E-state index in [1.807, 2.05) is 19.1 Å². The van der Waals surface area contributed by atoms with E-state index in [1.165, 1.54) is 6.08 Å². The quantitative estimate of drug-likeness (QED) is 0.607. The molecular weight excluding hydrogens is 304 g/mol. The summed E-state index contributed by atoms with van der Waals surface area (Å²) in [6, 6.07) is 10.7. The van der Waals surface area contributed by atoms with E-state index in [0.717, 1.165) is 5.56 Å². The molecule has 2 aromatic rings. The lowest BCUT2D eigenvalue weighted by Gasteiger charge is -2.07. The van der Waals surface area contributed by atoms with E-state index in [2.05, 4.69) is 10.6 Å². The molecule has 0 spiro atoms. The number of hydrogen-bond donors (Lipinski definition) is 2. The fourth-order valence-corrected chi connectivity index (χ4v) is 2.01. The number of hydrogen-bond acceptors (Lipinski definition) is 3. The van der Waals surface area contributed by atoms with Crippen LogP contribution in [-0.2, 0) is 17.9 Å². The van der Waals surface area contributed by atoms with Crippen LogP contribution in [0.2, 0.25) is 0 Å². The Labute approximate surface area is 141 Å². The molecule has 0 saturated heterocycles. The van der Waals surface area contributed by atoms with Gasteiger partial charge in [0.05, 0.1) is 12.8 Å². The first kappa shape index (κ1) is 17.3. The van der Waals surface area contributed by atoms with E-state index in [9.17, 15) is 9.59 Å². The van der Waals surface area contributed by atoms with Crippen LogP contribution in [0.3, 0.4) is 0 Å². The third kappa shape index (κ3) is 5.61. The van der Waals surface area contributed by atoms with Gasteiger partial charge in [-0.25, -0.2) is 0 Å². The second-order valence-corrected chi connectivity index (χ2v) is 5.07. The Morgan fingerprint density at radius 3 is 2.71 bits per heavy atom. The molecule has 5 heteroatoms. The van der Waals surface area contributed by atoms with Gasteiger partial charge < -0.3 is 15.1 Å². The number of carbonyl (C=O) groups excluding carboxylic acids is 2. The number of amides is 2. The van der Waals surface area contributed by atoms with E-state index in [4.69, 9.17) is 4.42 Å². The van der Waals surface area contributed by atoms with Crippen molar-refractivity contribution in [3.05, 3.63) is 83.9 Å². The second-order valence-electron chi connectivity index (χ2n) is 5.07. The summed E-state index contributed by atoms with van der Waals surface area (Å²) in [6.07, 6.45) is 8.32. The van der Waals surface area contributed by atoms with Crippen molar-refractivity contribution in [3.8, 4) is 0 Å². The highest BCUT2D eigenvalue weighted by Crippen LogP contribution is 2.06. The fraction of sp³-hybridized carbons (Fsp3) is 0.158. The molecule has 2 amide bonds. The highest BCUT2D eigenvalue weighted by molar-refractivity contribution is 5.94. The molecule has 2 N–H and O–H groups in total. The molecule has 0 aliphatic heterocycles. The van der Waals surface area contributed by atoms with Gasteiger partial charge in [0.15, 0.2) is 0 Å².